The Morgan fingerprint density at radius 3 is 2.79 bits per heavy atom. The van der Waals surface area contributed by atoms with Crippen LogP contribution < -0.4 is 0 Å². The third-order valence-corrected chi connectivity index (χ3v) is 3.86. The van der Waals surface area contributed by atoms with Crippen molar-refractivity contribution < 1.29 is 14.3 Å². The molecular formula is C15H20FNO2. The summed E-state index contributed by atoms with van der Waals surface area (Å²) in [5.74, 6) is -0.212. The molecule has 19 heavy (non-hydrogen) atoms. The summed E-state index contributed by atoms with van der Waals surface area (Å²) in [5.41, 5.74) is 0.761. The van der Waals surface area contributed by atoms with Gasteiger partial charge in [-0.25, -0.2) is 9.18 Å². The molecular weight excluding hydrogens is 245 g/mol. The Bertz CT molecular complexity index is 473. The van der Waals surface area contributed by atoms with Crippen molar-refractivity contribution in [3.05, 3.63) is 35.1 Å². The zero-order valence-corrected chi connectivity index (χ0v) is 11.4. The maximum atomic E-state index is 13.4. The van der Waals surface area contributed by atoms with Gasteiger partial charge in [-0.2, -0.15) is 0 Å². The van der Waals surface area contributed by atoms with Gasteiger partial charge in [-0.15, -0.1) is 0 Å². The number of benzene rings is 1. The van der Waals surface area contributed by atoms with Crippen molar-refractivity contribution in [2.45, 2.75) is 26.8 Å². The van der Waals surface area contributed by atoms with E-state index in [1.165, 1.54) is 12.5 Å². The van der Waals surface area contributed by atoms with E-state index in [4.69, 9.17) is 5.11 Å². The number of hydrogen-bond acceptors (Lipinski definition) is 2. The number of carbonyl (C=O) groups is 1. The monoisotopic (exact) mass is 265 g/mol. The van der Waals surface area contributed by atoms with Gasteiger partial charge in [-0.1, -0.05) is 13.8 Å². The summed E-state index contributed by atoms with van der Waals surface area (Å²) < 4.78 is 13.4. The second-order valence-electron chi connectivity index (χ2n) is 5.68. The van der Waals surface area contributed by atoms with E-state index in [9.17, 15) is 9.18 Å². The average Bonchev–Trinajstić information content (AvgIpc) is 2.76. The molecule has 0 aliphatic carbocycles. The van der Waals surface area contributed by atoms with Crippen LogP contribution in [0.2, 0.25) is 0 Å². The van der Waals surface area contributed by atoms with E-state index < -0.39 is 11.8 Å². The largest absolute Gasteiger partial charge is 0.478 e. The molecule has 4 heteroatoms. The number of likely N-dealkylation sites (tertiary alicyclic amines) is 1. The van der Waals surface area contributed by atoms with Crippen LogP contribution in [0.4, 0.5) is 4.39 Å². The van der Waals surface area contributed by atoms with Crippen molar-refractivity contribution in [1.82, 2.24) is 4.90 Å². The van der Waals surface area contributed by atoms with Gasteiger partial charge in [-0.3, -0.25) is 4.90 Å². The molecule has 0 radical (unpaired) electrons. The van der Waals surface area contributed by atoms with E-state index in [0.29, 0.717) is 18.4 Å². The normalized spacial score (nSPS) is 20.1. The maximum Gasteiger partial charge on any atom is 0.335 e. The van der Waals surface area contributed by atoms with Gasteiger partial charge in [0.05, 0.1) is 5.56 Å². The van der Waals surface area contributed by atoms with E-state index in [0.717, 1.165) is 24.7 Å². The van der Waals surface area contributed by atoms with Gasteiger partial charge < -0.3 is 5.11 Å². The summed E-state index contributed by atoms with van der Waals surface area (Å²) in [6.45, 7) is 7.08. The van der Waals surface area contributed by atoms with Gasteiger partial charge >= 0.3 is 5.97 Å². The molecule has 1 saturated heterocycles. The standard InChI is InChI=1S/C15H20FNO2/c1-10(2)12-3-4-17(9-12)8-11-5-13(15(18)19)7-14(16)6-11/h5-7,10,12H,3-4,8-9H2,1-2H3,(H,18,19). The molecule has 3 nitrogen and oxygen atoms in total. The fourth-order valence-electron chi connectivity index (χ4n) is 2.67. The Balaban J connectivity index is 2.06. The van der Waals surface area contributed by atoms with Crippen molar-refractivity contribution in [2.24, 2.45) is 11.8 Å². The van der Waals surface area contributed by atoms with Crippen LogP contribution in [0.5, 0.6) is 0 Å². The summed E-state index contributed by atoms with van der Waals surface area (Å²) in [5, 5.41) is 8.93. The lowest BCUT2D eigenvalue weighted by atomic mass is 9.95. The Morgan fingerprint density at radius 1 is 1.47 bits per heavy atom. The van der Waals surface area contributed by atoms with Gasteiger partial charge in [0.15, 0.2) is 0 Å². The number of rotatable bonds is 4. The second-order valence-corrected chi connectivity index (χ2v) is 5.68. The quantitative estimate of drug-likeness (QED) is 0.909. The Labute approximate surface area is 113 Å². The van der Waals surface area contributed by atoms with E-state index in [-0.39, 0.29) is 5.56 Å². The number of aromatic carboxylic acids is 1. The lowest BCUT2D eigenvalue weighted by molar-refractivity contribution is 0.0696. The molecule has 1 aromatic carbocycles. The lowest BCUT2D eigenvalue weighted by Crippen LogP contribution is -2.21. The average molecular weight is 265 g/mol. The van der Waals surface area contributed by atoms with Gasteiger partial charge in [0.25, 0.3) is 0 Å². The smallest absolute Gasteiger partial charge is 0.335 e. The third kappa shape index (κ3) is 3.53. The molecule has 1 heterocycles. The molecule has 1 fully saturated rings. The van der Waals surface area contributed by atoms with Crippen molar-refractivity contribution in [3.63, 3.8) is 0 Å². The van der Waals surface area contributed by atoms with Crippen molar-refractivity contribution in [3.8, 4) is 0 Å². The number of halogens is 1. The van der Waals surface area contributed by atoms with Crippen LogP contribution in [0, 0.1) is 17.7 Å². The molecule has 0 aromatic heterocycles. The summed E-state index contributed by atoms with van der Waals surface area (Å²) in [6.07, 6.45) is 1.17. The first-order valence-electron chi connectivity index (χ1n) is 6.71. The number of hydrogen-bond donors (Lipinski definition) is 1. The molecule has 104 valence electrons. The minimum atomic E-state index is -1.08. The SMILES string of the molecule is CC(C)C1CCN(Cc2cc(F)cc(C(=O)O)c2)C1. The van der Waals surface area contributed by atoms with Crippen LogP contribution in [0.3, 0.4) is 0 Å². The van der Waals surface area contributed by atoms with Gasteiger partial charge in [0, 0.05) is 13.1 Å². The fraction of sp³-hybridized carbons (Fsp3) is 0.533. The van der Waals surface area contributed by atoms with Crippen LogP contribution >= 0.6 is 0 Å². The first kappa shape index (κ1) is 14.0. The minimum Gasteiger partial charge on any atom is -0.478 e. The minimum absolute atomic E-state index is 0.0228. The first-order valence-corrected chi connectivity index (χ1v) is 6.71. The number of carboxylic acids is 1. The van der Waals surface area contributed by atoms with E-state index in [1.54, 1.807) is 6.07 Å². The topological polar surface area (TPSA) is 40.5 Å². The highest BCUT2D eigenvalue weighted by molar-refractivity contribution is 5.87. The predicted molar refractivity (Wildman–Crippen MR) is 71.6 cm³/mol. The second kappa shape index (κ2) is 5.70. The van der Waals surface area contributed by atoms with Crippen LogP contribution in [-0.2, 0) is 6.54 Å². The molecule has 2 rings (SSSR count). The molecule has 0 bridgehead atoms. The van der Waals surface area contributed by atoms with Gasteiger partial charge in [0.2, 0.25) is 0 Å². The highest BCUT2D eigenvalue weighted by Gasteiger charge is 2.24. The molecule has 1 atom stereocenters. The van der Waals surface area contributed by atoms with Crippen LogP contribution in [-0.4, -0.2) is 29.1 Å². The molecule has 1 aromatic rings. The number of carboxylic acid groups (broad SMARTS) is 1. The first-order chi connectivity index (χ1) is 8.95. The third-order valence-electron chi connectivity index (χ3n) is 3.86. The van der Waals surface area contributed by atoms with Gasteiger partial charge in [0.1, 0.15) is 5.82 Å². The summed E-state index contributed by atoms with van der Waals surface area (Å²) >= 11 is 0. The zero-order chi connectivity index (χ0) is 14.0. The van der Waals surface area contributed by atoms with Crippen molar-refractivity contribution >= 4 is 5.97 Å². The Hall–Kier alpha value is -1.42. The molecule has 1 aliphatic heterocycles. The van der Waals surface area contributed by atoms with Crippen molar-refractivity contribution in [2.75, 3.05) is 13.1 Å². The predicted octanol–water partition coefficient (Wildman–Crippen LogP) is 3.00. The highest BCUT2D eigenvalue weighted by atomic mass is 19.1. The van der Waals surface area contributed by atoms with Crippen LogP contribution in [0.25, 0.3) is 0 Å². The Kier molecular flexibility index (Phi) is 4.20. The van der Waals surface area contributed by atoms with Crippen molar-refractivity contribution in [1.29, 1.82) is 0 Å². The molecule has 1 unspecified atom stereocenters. The molecule has 1 aliphatic rings. The molecule has 0 amide bonds. The Morgan fingerprint density at radius 2 is 2.21 bits per heavy atom. The van der Waals surface area contributed by atoms with Crippen LogP contribution in [0.1, 0.15) is 36.2 Å². The number of nitrogens with zero attached hydrogens (tertiary/aromatic N) is 1. The zero-order valence-electron chi connectivity index (χ0n) is 11.4. The fourth-order valence-corrected chi connectivity index (χ4v) is 2.67. The lowest BCUT2D eigenvalue weighted by Gasteiger charge is -2.18. The van der Waals surface area contributed by atoms with Gasteiger partial charge in [-0.05, 0) is 48.6 Å². The molecule has 0 spiro atoms. The van der Waals surface area contributed by atoms with E-state index in [1.807, 2.05) is 0 Å². The van der Waals surface area contributed by atoms with E-state index >= 15 is 0 Å². The molecule has 0 saturated carbocycles. The highest BCUT2D eigenvalue weighted by Crippen LogP contribution is 2.25. The summed E-state index contributed by atoms with van der Waals surface area (Å²) in [4.78, 5) is 13.2. The van der Waals surface area contributed by atoms with E-state index in [2.05, 4.69) is 18.7 Å². The maximum absolute atomic E-state index is 13.4. The van der Waals surface area contributed by atoms with Crippen LogP contribution in [0.15, 0.2) is 18.2 Å². The summed E-state index contributed by atoms with van der Waals surface area (Å²) in [6, 6.07) is 4.05. The molecule has 1 N–H and O–H groups in total. The summed E-state index contributed by atoms with van der Waals surface area (Å²) in [7, 11) is 0.